The summed E-state index contributed by atoms with van der Waals surface area (Å²) in [7, 11) is 0. The molecule has 0 aliphatic heterocycles. The molecule has 1 aliphatic carbocycles. The quantitative estimate of drug-likeness (QED) is 0.474. The number of carbonyl (C=O) groups excluding carboxylic acids is 1. The summed E-state index contributed by atoms with van der Waals surface area (Å²) >= 11 is 0. The fraction of sp³-hybridized carbons (Fsp3) is 0.261. The molecule has 3 rings (SSSR count). The molecule has 0 bridgehead atoms. The SMILES string of the molecule is C\C=C/C=C\C=C\[C@@H](Nc1ncc(C(N)=O)c(Nc2cccc(C)c2)n1)C1(N)CC1. The minimum absolute atomic E-state index is 0.140. The van der Waals surface area contributed by atoms with Crippen molar-refractivity contribution in [2.45, 2.75) is 38.3 Å². The van der Waals surface area contributed by atoms with Crippen LogP contribution >= 0.6 is 0 Å². The minimum atomic E-state index is -0.597. The summed E-state index contributed by atoms with van der Waals surface area (Å²) in [6.45, 7) is 3.96. The molecule has 1 atom stereocenters. The Morgan fingerprint density at radius 3 is 2.67 bits per heavy atom. The van der Waals surface area contributed by atoms with Crippen molar-refractivity contribution in [3.05, 3.63) is 78.0 Å². The molecule has 6 N–H and O–H groups in total. The molecule has 0 unspecified atom stereocenters. The van der Waals surface area contributed by atoms with Gasteiger partial charge in [-0.15, -0.1) is 0 Å². The number of benzene rings is 1. The number of nitrogens with two attached hydrogens (primary N) is 2. The van der Waals surface area contributed by atoms with Gasteiger partial charge in [0.25, 0.3) is 5.91 Å². The highest BCUT2D eigenvalue weighted by Crippen LogP contribution is 2.37. The van der Waals surface area contributed by atoms with Gasteiger partial charge in [0, 0.05) is 17.4 Å². The number of allylic oxidation sites excluding steroid dienone is 5. The van der Waals surface area contributed by atoms with E-state index in [-0.39, 0.29) is 17.1 Å². The van der Waals surface area contributed by atoms with Crippen LogP contribution < -0.4 is 22.1 Å². The highest BCUT2D eigenvalue weighted by molar-refractivity contribution is 5.98. The molecule has 0 saturated heterocycles. The van der Waals surface area contributed by atoms with E-state index in [0.717, 1.165) is 24.1 Å². The van der Waals surface area contributed by atoms with Crippen molar-refractivity contribution in [2.24, 2.45) is 11.5 Å². The average molecular weight is 405 g/mol. The summed E-state index contributed by atoms with van der Waals surface area (Å²) in [4.78, 5) is 20.6. The van der Waals surface area contributed by atoms with Gasteiger partial charge in [0.05, 0.1) is 6.04 Å². The lowest BCUT2D eigenvalue weighted by Gasteiger charge is -2.22. The molecule has 1 fully saturated rings. The van der Waals surface area contributed by atoms with Crippen LogP contribution in [0.2, 0.25) is 0 Å². The van der Waals surface area contributed by atoms with E-state index in [0.29, 0.717) is 11.8 Å². The Bertz CT molecular complexity index is 991. The molecular formula is C23H28N6O. The number of hydrogen-bond acceptors (Lipinski definition) is 6. The Kier molecular flexibility index (Phi) is 6.64. The highest BCUT2D eigenvalue weighted by Gasteiger charge is 2.45. The molecule has 156 valence electrons. The molecule has 1 amide bonds. The first-order valence-electron chi connectivity index (χ1n) is 9.93. The van der Waals surface area contributed by atoms with Crippen LogP contribution in [0.3, 0.4) is 0 Å². The Balaban J connectivity index is 1.84. The van der Waals surface area contributed by atoms with Gasteiger partial charge >= 0.3 is 0 Å². The summed E-state index contributed by atoms with van der Waals surface area (Å²) in [5, 5.41) is 6.47. The predicted octanol–water partition coefficient (Wildman–Crippen LogP) is 3.59. The first kappa shape index (κ1) is 21.3. The largest absolute Gasteiger partial charge is 0.365 e. The maximum atomic E-state index is 11.8. The van der Waals surface area contributed by atoms with Crippen LogP contribution in [0.15, 0.2) is 66.9 Å². The van der Waals surface area contributed by atoms with Gasteiger partial charge in [-0.1, -0.05) is 48.6 Å². The predicted molar refractivity (Wildman–Crippen MR) is 122 cm³/mol. The Hall–Kier alpha value is -3.45. The number of aromatic nitrogens is 2. The van der Waals surface area contributed by atoms with Gasteiger partial charge in [-0.05, 0) is 44.4 Å². The van der Waals surface area contributed by atoms with Crippen LogP contribution in [0, 0.1) is 6.92 Å². The molecule has 1 saturated carbocycles. The summed E-state index contributed by atoms with van der Waals surface area (Å²) in [5.74, 6) is 0.127. The fourth-order valence-corrected chi connectivity index (χ4v) is 2.98. The van der Waals surface area contributed by atoms with E-state index in [1.165, 1.54) is 6.20 Å². The van der Waals surface area contributed by atoms with E-state index in [9.17, 15) is 4.79 Å². The number of primary amides is 1. The minimum Gasteiger partial charge on any atom is -0.365 e. The molecule has 1 aromatic heterocycles. The number of anilines is 3. The fourth-order valence-electron chi connectivity index (χ4n) is 2.98. The Morgan fingerprint density at radius 1 is 1.23 bits per heavy atom. The molecule has 1 aromatic carbocycles. The molecule has 30 heavy (non-hydrogen) atoms. The summed E-state index contributed by atoms with van der Waals surface area (Å²) < 4.78 is 0. The van der Waals surface area contributed by atoms with Crippen LogP contribution in [-0.2, 0) is 0 Å². The van der Waals surface area contributed by atoms with Crippen molar-refractivity contribution in [2.75, 3.05) is 10.6 Å². The second-order valence-corrected chi connectivity index (χ2v) is 7.47. The average Bonchev–Trinajstić information content (AvgIpc) is 3.45. The number of carbonyl (C=O) groups is 1. The van der Waals surface area contributed by atoms with Crippen LogP contribution in [0.4, 0.5) is 17.5 Å². The number of amides is 1. The monoisotopic (exact) mass is 404 g/mol. The van der Waals surface area contributed by atoms with Gasteiger partial charge in [-0.2, -0.15) is 4.98 Å². The zero-order chi connectivity index (χ0) is 21.6. The van der Waals surface area contributed by atoms with E-state index in [2.05, 4.69) is 20.6 Å². The first-order valence-corrected chi connectivity index (χ1v) is 9.93. The van der Waals surface area contributed by atoms with Gasteiger partial charge in [0.15, 0.2) is 0 Å². The third-order valence-corrected chi connectivity index (χ3v) is 4.90. The zero-order valence-corrected chi connectivity index (χ0v) is 17.3. The van der Waals surface area contributed by atoms with Gasteiger partial charge in [-0.3, -0.25) is 4.79 Å². The first-order chi connectivity index (χ1) is 14.4. The van der Waals surface area contributed by atoms with Crippen LogP contribution in [0.1, 0.15) is 35.7 Å². The van der Waals surface area contributed by atoms with Gasteiger partial charge in [0.1, 0.15) is 11.4 Å². The van der Waals surface area contributed by atoms with E-state index >= 15 is 0 Å². The van der Waals surface area contributed by atoms with Gasteiger partial charge in [0.2, 0.25) is 5.95 Å². The van der Waals surface area contributed by atoms with Gasteiger partial charge in [-0.25, -0.2) is 4.98 Å². The molecule has 1 heterocycles. The topological polar surface area (TPSA) is 119 Å². The normalized spacial score (nSPS) is 16.2. The maximum Gasteiger partial charge on any atom is 0.254 e. The van der Waals surface area contributed by atoms with E-state index in [1.54, 1.807) is 0 Å². The molecular weight excluding hydrogens is 376 g/mol. The standard InChI is InChI=1S/C23H28N6O/c1-3-4-5-6-7-11-19(23(25)12-13-23)28-22-26-15-18(20(24)30)21(29-22)27-17-10-8-9-16(2)14-17/h3-11,14-15,19H,12-13,25H2,1-2H3,(H2,24,30)(H2,26,27,28,29)/b4-3-,6-5-,11-7+/t19-/m1/s1. The van der Waals surface area contributed by atoms with Crippen molar-refractivity contribution in [1.29, 1.82) is 0 Å². The van der Waals surface area contributed by atoms with E-state index in [4.69, 9.17) is 11.5 Å². The second kappa shape index (κ2) is 9.37. The van der Waals surface area contributed by atoms with Gasteiger partial charge < -0.3 is 22.1 Å². The van der Waals surface area contributed by atoms with Crippen molar-refractivity contribution >= 4 is 23.4 Å². The lowest BCUT2D eigenvalue weighted by atomic mass is 10.1. The third kappa shape index (κ3) is 5.55. The molecule has 7 heteroatoms. The third-order valence-electron chi connectivity index (χ3n) is 4.90. The number of nitrogens with zero attached hydrogens (tertiary/aromatic N) is 2. The smallest absolute Gasteiger partial charge is 0.254 e. The number of rotatable bonds is 9. The molecule has 0 radical (unpaired) electrons. The van der Waals surface area contributed by atoms with Crippen molar-refractivity contribution < 1.29 is 4.79 Å². The summed E-state index contributed by atoms with van der Waals surface area (Å²) in [6, 6.07) is 7.63. The molecule has 0 spiro atoms. The summed E-state index contributed by atoms with van der Waals surface area (Å²) in [6.07, 6.45) is 15.0. The Morgan fingerprint density at radius 2 is 2.00 bits per heavy atom. The van der Waals surface area contributed by atoms with Crippen LogP contribution in [0.5, 0.6) is 0 Å². The second-order valence-electron chi connectivity index (χ2n) is 7.47. The maximum absolute atomic E-state index is 11.8. The van der Waals surface area contributed by atoms with E-state index in [1.807, 2.05) is 74.6 Å². The zero-order valence-electron chi connectivity index (χ0n) is 17.3. The Labute approximate surface area is 177 Å². The summed E-state index contributed by atoms with van der Waals surface area (Å²) in [5.41, 5.74) is 13.7. The number of aryl methyl sites for hydroxylation is 1. The van der Waals surface area contributed by atoms with E-state index < -0.39 is 5.91 Å². The number of nitrogens with one attached hydrogen (secondary N) is 2. The molecule has 2 aromatic rings. The lowest BCUT2D eigenvalue weighted by Crippen LogP contribution is -2.41. The van der Waals surface area contributed by atoms with Crippen molar-refractivity contribution in [3.63, 3.8) is 0 Å². The van der Waals surface area contributed by atoms with Crippen LogP contribution in [-0.4, -0.2) is 27.5 Å². The lowest BCUT2D eigenvalue weighted by molar-refractivity contribution is 0.100. The van der Waals surface area contributed by atoms with Crippen LogP contribution in [0.25, 0.3) is 0 Å². The van der Waals surface area contributed by atoms with Crippen molar-refractivity contribution in [1.82, 2.24) is 9.97 Å². The van der Waals surface area contributed by atoms with Crippen molar-refractivity contribution in [3.8, 4) is 0 Å². The molecule has 1 aliphatic rings. The molecule has 7 nitrogen and oxygen atoms in total. The highest BCUT2D eigenvalue weighted by atomic mass is 16.1. The number of hydrogen-bond donors (Lipinski definition) is 4.